The zero-order valence-corrected chi connectivity index (χ0v) is 9.56. The molecule has 0 radical (unpaired) electrons. The molecule has 0 atom stereocenters. The molecule has 0 unspecified atom stereocenters. The zero-order valence-electron chi connectivity index (χ0n) is 9.56. The fraction of sp³-hybridized carbons (Fsp3) is 0.308. The van der Waals surface area contributed by atoms with Gasteiger partial charge in [-0.15, -0.1) is 0 Å². The molecule has 16 heavy (non-hydrogen) atoms. The molecule has 2 aromatic rings. The van der Waals surface area contributed by atoms with E-state index in [4.69, 9.17) is 4.74 Å². The van der Waals surface area contributed by atoms with Crippen LogP contribution in [-0.2, 0) is 11.2 Å². The van der Waals surface area contributed by atoms with Crippen LogP contribution >= 0.6 is 0 Å². The highest BCUT2D eigenvalue weighted by Gasteiger charge is 2.14. The summed E-state index contributed by atoms with van der Waals surface area (Å²) in [6.45, 7) is 4.30. The Balaban J connectivity index is 2.57. The van der Waals surface area contributed by atoms with E-state index in [0.29, 0.717) is 12.2 Å². The average Bonchev–Trinajstić information content (AvgIpc) is 2.68. The molecule has 0 fully saturated rings. The Morgan fingerprint density at radius 1 is 1.38 bits per heavy atom. The average molecular weight is 217 g/mol. The molecule has 0 aromatic carbocycles. The number of fused-ring (bicyclic) bond motifs is 1. The molecule has 0 aliphatic heterocycles. The van der Waals surface area contributed by atoms with Gasteiger partial charge in [-0.3, -0.25) is 0 Å². The lowest BCUT2D eigenvalue weighted by molar-refractivity contribution is 0.0529. The fourth-order valence-corrected chi connectivity index (χ4v) is 1.87. The van der Waals surface area contributed by atoms with Gasteiger partial charge in [0.15, 0.2) is 0 Å². The Morgan fingerprint density at radius 3 is 2.88 bits per heavy atom. The molecule has 2 rings (SSSR count). The number of esters is 1. The zero-order chi connectivity index (χ0) is 11.5. The first-order chi connectivity index (χ1) is 7.77. The summed E-state index contributed by atoms with van der Waals surface area (Å²) in [6.07, 6.45) is 2.86. The Labute approximate surface area is 94.6 Å². The maximum Gasteiger partial charge on any atom is 0.340 e. The summed E-state index contributed by atoms with van der Waals surface area (Å²) < 4.78 is 7.08. The molecule has 0 N–H and O–H groups in total. The minimum Gasteiger partial charge on any atom is -0.462 e. The van der Waals surface area contributed by atoms with Crippen LogP contribution in [-0.4, -0.2) is 17.0 Å². The number of carbonyl (C=O) groups excluding carboxylic acids is 1. The van der Waals surface area contributed by atoms with Crippen molar-refractivity contribution in [2.45, 2.75) is 20.3 Å². The molecule has 3 heteroatoms. The number of carbonyl (C=O) groups is 1. The van der Waals surface area contributed by atoms with Crippen molar-refractivity contribution >= 4 is 11.5 Å². The predicted octanol–water partition coefficient (Wildman–Crippen LogP) is 2.68. The van der Waals surface area contributed by atoms with Gasteiger partial charge in [0.25, 0.3) is 0 Å². The maximum absolute atomic E-state index is 11.8. The van der Waals surface area contributed by atoms with Crippen LogP contribution in [0.15, 0.2) is 30.5 Å². The monoisotopic (exact) mass is 217 g/mol. The van der Waals surface area contributed by atoms with Crippen molar-refractivity contribution in [2.75, 3.05) is 6.61 Å². The highest BCUT2D eigenvalue weighted by atomic mass is 16.5. The third-order valence-electron chi connectivity index (χ3n) is 2.61. The molecule has 0 spiro atoms. The van der Waals surface area contributed by atoms with Crippen LogP contribution < -0.4 is 0 Å². The van der Waals surface area contributed by atoms with Crippen LogP contribution in [0.3, 0.4) is 0 Å². The lowest BCUT2D eigenvalue weighted by Crippen LogP contribution is -2.03. The number of rotatable bonds is 3. The van der Waals surface area contributed by atoms with Crippen molar-refractivity contribution in [1.82, 2.24) is 4.40 Å². The third kappa shape index (κ3) is 1.69. The van der Waals surface area contributed by atoms with Crippen LogP contribution in [0.2, 0.25) is 0 Å². The smallest absolute Gasteiger partial charge is 0.340 e. The summed E-state index contributed by atoms with van der Waals surface area (Å²) in [5.74, 6) is -0.245. The summed E-state index contributed by atoms with van der Waals surface area (Å²) in [7, 11) is 0. The molecule has 2 heterocycles. The van der Waals surface area contributed by atoms with Gasteiger partial charge in [0.2, 0.25) is 0 Å². The second-order valence-corrected chi connectivity index (χ2v) is 3.58. The summed E-state index contributed by atoms with van der Waals surface area (Å²) >= 11 is 0. The van der Waals surface area contributed by atoms with Gasteiger partial charge in [0.05, 0.1) is 17.7 Å². The molecule has 3 nitrogen and oxygen atoms in total. The normalized spacial score (nSPS) is 10.6. The van der Waals surface area contributed by atoms with E-state index < -0.39 is 0 Å². The fourth-order valence-electron chi connectivity index (χ4n) is 1.87. The second-order valence-electron chi connectivity index (χ2n) is 3.58. The Morgan fingerprint density at radius 2 is 2.19 bits per heavy atom. The van der Waals surface area contributed by atoms with E-state index in [0.717, 1.165) is 17.6 Å². The van der Waals surface area contributed by atoms with E-state index in [1.54, 1.807) is 0 Å². The minimum atomic E-state index is -0.245. The van der Waals surface area contributed by atoms with Gasteiger partial charge in [-0.1, -0.05) is 13.0 Å². The summed E-state index contributed by atoms with van der Waals surface area (Å²) in [5, 5.41) is 0. The number of ether oxygens (including phenoxy) is 1. The molecule has 84 valence electrons. The van der Waals surface area contributed by atoms with Crippen LogP contribution in [0.1, 0.15) is 29.9 Å². The van der Waals surface area contributed by atoms with E-state index in [2.05, 4.69) is 6.92 Å². The number of nitrogens with zero attached hydrogens (tertiary/aromatic N) is 1. The molecule has 0 aliphatic rings. The van der Waals surface area contributed by atoms with Crippen molar-refractivity contribution in [3.63, 3.8) is 0 Å². The summed E-state index contributed by atoms with van der Waals surface area (Å²) in [4.78, 5) is 11.8. The molecular formula is C13H15NO2. The van der Waals surface area contributed by atoms with Gasteiger partial charge in [-0.25, -0.2) is 4.79 Å². The van der Waals surface area contributed by atoms with Crippen LogP contribution in [0.25, 0.3) is 5.52 Å². The molecular weight excluding hydrogens is 202 g/mol. The summed E-state index contributed by atoms with van der Waals surface area (Å²) in [6, 6.07) is 7.73. The standard InChI is InChI=1S/C13H15NO2/c1-3-10-9-11(13(15)16-4-2)12-7-5-6-8-14(10)12/h5-9H,3-4H2,1-2H3. The molecule has 0 aliphatic carbocycles. The Kier molecular flexibility index (Phi) is 2.95. The molecule has 0 saturated carbocycles. The molecule has 0 amide bonds. The molecule has 0 bridgehead atoms. The first kappa shape index (κ1) is 10.7. The molecule has 0 saturated heterocycles. The first-order valence-electron chi connectivity index (χ1n) is 5.54. The van der Waals surface area contributed by atoms with E-state index in [-0.39, 0.29) is 5.97 Å². The van der Waals surface area contributed by atoms with Crippen molar-refractivity contribution in [2.24, 2.45) is 0 Å². The Bertz CT molecular complexity index is 514. The van der Waals surface area contributed by atoms with Crippen molar-refractivity contribution in [3.05, 3.63) is 41.7 Å². The highest BCUT2D eigenvalue weighted by molar-refractivity contribution is 5.97. The van der Waals surface area contributed by atoms with Gasteiger partial charge in [-0.2, -0.15) is 0 Å². The molecule has 2 aromatic heterocycles. The number of hydrogen-bond donors (Lipinski definition) is 0. The SMILES string of the molecule is CCOC(=O)c1cc(CC)n2ccccc12. The Hall–Kier alpha value is -1.77. The maximum atomic E-state index is 11.8. The third-order valence-corrected chi connectivity index (χ3v) is 2.61. The largest absolute Gasteiger partial charge is 0.462 e. The number of pyridine rings is 1. The quantitative estimate of drug-likeness (QED) is 0.740. The van der Waals surface area contributed by atoms with Crippen molar-refractivity contribution < 1.29 is 9.53 Å². The van der Waals surface area contributed by atoms with Crippen LogP contribution in [0, 0.1) is 0 Å². The van der Waals surface area contributed by atoms with Crippen LogP contribution in [0.4, 0.5) is 0 Å². The minimum absolute atomic E-state index is 0.245. The highest BCUT2D eigenvalue weighted by Crippen LogP contribution is 2.18. The predicted molar refractivity (Wildman–Crippen MR) is 62.7 cm³/mol. The van der Waals surface area contributed by atoms with Gasteiger partial charge < -0.3 is 9.14 Å². The van der Waals surface area contributed by atoms with Crippen molar-refractivity contribution in [3.8, 4) is 0 Å². The van der Waals surface area contributed by atoms with Gasteiger partial charge >= 0.3 is 5.97 Å². The van der Waals surface area contributed by atoms with Gasteiger partial charge in [0.1, 0.15) is 0 Å². The van der Waals surface area contributed by atoms with Gasteiger partial charge in [0, 0.05) is 11.9 Å². The lowest BCUT2D eigenvalue weighted by Gasteiger charge is -2.00. The topological polar surface area (TPSA) is 30.7 Å². The number of aromatic nitrogens is 1. The van der Waals surface area contributed by atoms with E-state index in [1.165, 1.54) is 0 Å². The lowest BCUT2D eigenvalue weighted by atomic mass is 10.2. The van der Waals surface area contributed by atoms with E-state index in [1.807, 2.05) is 41.8 Å². The second kappa shape index (κ2) is 4.39. The first-order valence-corrected chi connectivity index (χ1v) is 5.54. The van der Waals surface area contributed by atoms with Gasteiger partial charge in [-0.05, 0) is 31.5 Å². The number of aryl methyl sites for hydroxylation is 1. The van der Waals surface area contributed by atoms with Crippen molar-refractivity contribution in [1.29, 1.82) is 0 Å². The van der Waals surface area contributed by atoms with Crippen LogP contribution in [0.5, 0.6) is 0 Å². The van der Waals surface area contributed by atoms with E-state index >= 15 is 0 Å². The summed E-state index contributed by atoms with van der Waals surface area (Å²) in [5.41, 5.74) is 2.69. The van der Waals surface area contributed by atoms with E-state index in [9.17, 15) is 4.79 Å². The number of hydrogen-bond acceptors (Lipinski definition) is 2.